The minimum atomic E-state index is -0.0434. The van der Waals surface area contributed by atoms with Gasteiger partial charge in [-0.15, -0.1) is 0 Å². The third-order valence-electron chi connectivity index (χ3n) is 7.01. The molecule has 2 amide bonds. The Morgan fingerprint density at radius 1 is 0.633 bits per heavy atom. The normalized spacial score (nSPS) is 18.1. The van der Waals surface area contributed by atoms with Crippen LogP contribution in [0.1, 0.15) is 111 Å². The number of carbonyl (C=O) groups excluding carboxylic acids is 2. The molecule has 0 atom stereocenters. The Morgan fingerprint density at radius 2 is 1.00 bits per heavy atom. The molecule has 0 radical (unpaired) electrons. The topological polar surface area (TPSA) is 58.2 Å². The van der Waals surface area contributed by atoms with Crippen LogP contribution >= 0.6 is 0 Å². The molecule has 0 spiro atoms. The van der Waals surface area contributed by atoms with E-state index in [1.165, 1.54) is 77.0 Å². The van der Waals surface area contributed by atoms with Gasteiger partial charge in [-0.2, -0.15) is 0 Å². The van der Waals surface area contributed by atoms with E-state index in [0.29, 0.717) is 11.1 Å². The second-order valence-electron chi connectivity index (χ2n) is 9.38. The van der Waals surface area contributed by atoms with Gasteiger partial charge in [-0.25, -0.2) is 0 Å². The van der Waals surface area contributed by atoms with Crippen LogP contribution in [0, 0.1) is 11.8 Å². The smallest absolute Gasteiger partial charge is 0.251 e. The minimum Gasteiger partial charge on any atom is -0.352 e. The van der Waals surface area contributed by atoms with Gasteiger partial charge in [0.05, 0.1) is 0 Å². The highest BCUT2D eigenvalue weighted by molar-refractivity contribution is 5.97. The molecule has 3 rings (SSSR count). The Bertz CT molecular complexity index is 587. The van der Waals surface area contributed by atoms with Crippen molar-refractivity contribution < 1.29 is 9.59 Å². The van der Waals surface area contributed by atoms with Crippen LogP contribution in [0.15, 0.2) is 24.3 Å². The zero-order chi connectivity index (χ0) is 21.0. The maximum Gasteiger partial charge on any atom is 0.251 e. The van der Waals surface area contributed by atoms with Crippen LogP contribution in [0.5, 0.6) is 0 Å². The summed E-state index contributed by atoms with van der Waals surface area (Å²) in [6.07, 6.45) is 18.3. The second kappa shape index (κ2) is 12.8. The first-order valence-corrected chi connectivity index (χ1v) is 12.4. The number of hydrogen-bond donors (Lipinski definition) is 2. The highest BCUT2D eigenvalue weighted by Gasteiger charge is 2.14. The summed E-state index contributed by atoms with van der Waals surface area (Å²) < 4.78 is 0. The van der Waals surface area contributed by atoms with Crippen molar-refractivity contribution >= 4 is 11.8 Å². The molecule has 2 aliphatic carbocycles. The third kappa shape index (κ3) is 7.77. The van der Waals surface area contributed by atoms with E-state index in [1.807, 2.05) is 0 Å². The molecular weight excluding hydrogens is 372 g/mol. The first-order valence-electron chi connectivity index (χ1n) is 12.4. The quantitative estimate of drug-likeness (QED) is 0.472. The average Bonchev–Trinajstić information content (AvgIpc) is 2.81. The van der Waals surface area contributed by atoms with E-state index >= 15 is 0 Å². The van der Waals surface area contributed by atoms with Gasteiger partial charge in [0.15, 0.2) is 0 Å². The number of carbonyl (C=O) groups is 2. The Labute approximate surface area is 182 Å². The maximum atomic E-state index is 12.3. The Hall–Kier alpha value is -1.84. The minimum absolute atomic E-state index is 0.0434. The van der Waals surface area contributed by atoms with Crippen LogP contribution in [0.3, 0.4) is 0 Å². The largest absolute Gasteiger partial charge is 0.352 e. The van der Waals surface area contributed by atoms with Gasteiger partial charge in [-0.3, -0.25) is 9.59 Å². The molecule has 0 heterocycles. The van der Waals surface area contributed by atoms with Crippen molar-refractivity contribution in [2.75, 3.05) is 13.1 Å². The van der Waals surface area contributed by atoms with Gasteiger partial charge in [0.1, 0.15) is 0 Å². The molecule has 2 N–H and O–H groups in total. The summed E-state index contributed by atoms with van der Waals surface area (Å²) >= 11 is 0. The molecule has 4 heteroatoms. The van der Waals surface area contributed by atoms with E-state index in [4.69, 9.17) is 0 Å². The molecule has 0 aromatic heterocycles. The van der Waals surface area contributed by atoms with Crippen molar-refractivity contribution in [3.8, 4) is 0 Å². The van der Waals surface area contributed by atoms with Gasteiger partial charge in [0, 0.05) is 24.2 Å². The van der Waals surface area contributed by atoms with Crippen LogP contribution in [-0.4, -0.2) is 24.9 Å². The summed E-state index contributed by atoms with van der Waals surface area (Å²) in [4.78, 5) is 24.7. The summed E-state index contributed by atoms with van der Waals surface area (Å²) in [5.74, 6) is 1.63. The van der Waals surface area contributed by atoms with E-state index in [9.17, 15) is 9.59 Å². The zero-order valence-electron chi connectivity index (χ0n) is 18.6. The van der Waals surface area contributed by atoms with Gasteiger partial charge in [-0.1, -0.05) is 64.2 Å². The van der Waals surface area contributed by atoms with Gasteiger partial charge < -0.3 is 10.6 Å². The average molecular weight is 413 g/mol. The molecule has 0 unspecified atom stereocenters. The molecule has 0 aliphatic heterocycles. The molecule has 2 fully saturated rings. The summed E-state index contributed by atoms with van der Waals surface area (Å²) in [6.45, 7) is 1.47. The molecule has 166 valence electrons. The number of rotatable bonds is 10. The SMILES string of the molecule is O=C(NCCCC1CCCCC1)c1ccc(C(=O)NCCCC2CCCCC2)cc1. The van der Waals surface area contributed by atoms with Crippen molar-refractivity contribution in [1.29, 1.82) is 0 Å². The first kappa shape index (κ1) is 22.8. The Kier molecular flexibility index (Phi) is 9.72. The summed E-state index contributed by atoms with van der Waals surface area (Å²) in [5, 5.41) is 6.04. The monoisotopic (exact) mass is 412 g/mol. The van der Waals surface area contributed by atoms with Crippen LogP contribution in [0.4, 0.5) is 0 Å². The lowest BCUT2D eigenvalue weighted by molar-refractivity contribution is 0.0940. The second-order valence-corrected chi connectivity index (χ2v) is 9.38. The van der Waals surface area contributed by atoms with Crippen molar-refractivity contribution in [2.24, 2.45) is 11.8 Å². The van der Waals surface area contributed by atoms with Crippen LogP contribution in [-0.2, 0) is 0 Å². The fourth-order valence-electron chi connectivity index (χ4n) is 5.11. The van der Waals surface area contributed by atoms with Crippen molar-refractivity contribution in [3.05, 3.63) is 35.4 Å². The maximum absolute atomic E-state index is 12.3. The molecular formula is C26H40N2O2. The Morgan fingerprint density at radius 3 is 1.37 bits per heavy atom. The van der Waals surface area contributed by atoms with E-state index in [1.54, 1.807) is 24.3 Å². The fourth-order valence-corrected chi connectivity index (χ4v) is 5.11. The van der Waals surface area contributed by atoms with Crippen LogP contribution < -0.4 is 10.6 Å². The fraction of sp³-hybridized carbons (Fsp3) is 0.692. The molecule has 1 aromatic rings. The molecule has 2 saturated carbocycles. The molecule has 30 heavy (non-hydrogen) atoms. The van der Waals surface area contributed by atoms with Gasteiger partial charge in [0.25, 0.3) is 11.8 Å². The molecule has 0 saturated heterocycles. The lowest BCUT2D eigenvalue weighted by atomic mass is 9.86. The predicted molar refractivity (Wildman–Crippen MR) is 123 cm³/mol. The van der Waals surface area contributed by atoms with Crippen molar-refractivity contribution in [2.45, 2.75) is 89.9 Å². The van der Waals surface area contributed by atoms with E-state index in [0.717, 1.165) is 37.8 Å². The first-order chi connectivity index (χ1) is 14.7. The zero-order valence-corrected chi connectivity index (χ0v) is 18.6. The van der Waals surface area contributed by atoms with Crippen molar-refractivity contribution in [1.82, 2.24) is 10.6 Å². The van der Waals surface area contributed by atoms with Gasteiger partial charge in [0.2, 0.25) is 0 Å². The molecule has 2 aliphatic rings. The number of nitrogens with one attached hydrogen (secondary N) is 2. The molecule has 1 aromatic carbocycles. The third-order valence-corrected chi connectivity index (χ3v) is 7.01. The lowest BCUT2D eigenvalue weighted by Crippen LogP contribution is -2.26. The number of benzene rings is 1. The summed E-state index contributed by atoms with van der Waals surface area (Å²) in [5.41, 5.74) is 1.25. The summed E-state index contributed by atoms with van der Waals surface area (Å²) in [6, 6.07) is 7.03. The molecule has 0 bridgehead atoms. The van der Waals surface area contributed by atoms with Crippen LogP contribution in [0.25, 0.3) is 0 Å². The highest BCUT2D eigenvalue weighted by atomic mass is 16.2. The van der Waals surface area contributed by atoms with E-state index in [-0.39, 0.29) is 11.8 Å². The lowest BCUT2D eigenvalue weighted by Gasteiger charge is -2.21. The van der Waals surface area contributed by atoms with E-state index < -0.39 is 0 Å². The van der Waals surface area contributed by atoms with Crippen molar-refractivity contribution in [3.63, 3.8) is 0 Å². The van der Waals surface area contributed by atoms with Gasteiger partial charge >= 0.3 is 0 Å². The summed E-state index contributed by atoms with van der Waals surface area (Å²) in [7, 11) is 0. The van der Waals surface area contributed by atoms with Gasteiger partial charge in [-0.05, 0) is 61.8 Å². The Balaban J connectivity index is 1.30. The van der Waals surface area contributed by atoms with E-state index in [2.05, 4.69) is 10.6 Å². The molecule has 4 nitrogen and oxygen atoms in total. The highest BCUT2D eigenvalue weighted by Crippen LogP contribution is 2.27. The van der Waals surface area contributed by atoms with Crippen LogP contribution in [0.2, 0.25) is 0 Å². The predicted octanol–water partition coefficient (Wildman–Crippen LogP) is 5.87. The standard InChI is InChI=1S/C26H40N2O2/c29-25(27-19-7-13-21-9-3-1-4-10-21)23-15-17-24(18-16-23)26(30)28-20-8-14-22-11-5-2-6-12-22/h15-18,21-22H,1-14,19-20H2,(H,27,29)(H,28,30). The number of amides is 2. The number of hydrogen-bond acceptors (Lipinski definition) is 2.